The first-order chi connectivity index (χ1) is 11.5. The maximum absolute atomic E-state index is 12.2. The molecule has 3 rings (SSSR count). The molecule has 24 heavy (non-hydrogen) atoms. The Morgan fingerprint density at radius 2 is 2.00 bits per heavy atom. The van der Waals surface area contributed by atoms with Gasteiger partial charge in [0.15, 0.2) is 0 Å². The number of benzene rings is 1. The lowest BCUT2D eigenvalue weighted by atomic mass is 9.94. The highest BCUT2D eigenvalue weighted by Gasteiger charge is 2.30. The molecule has 1 aromatic carbocycles. The molecular weight excluding hydrogens is 304 g/mol. The summed E-state index contributed by atoms with van der Waals surface area (Å²) in [4.78, 5) is 25.6. The SMILES string of the molecule is CC(C)(CNC(=O)c1ccc(=O)[nH]n1)N1CCc2ccccc2C1. The van der Waals surface area contributed by atoms with E-state index in [0.29, 0.717) is 6.54 Å². The van der Waals surface area contributed by atoms with E-state index in [1.165, 1.54) is 23.3 Å². The van der Waals surface area contributed by atoms with E-state index in [1.807, 2.05) is 0 Å². The highest BCUT2D eigenvalue weighted by Crippen LogP contribution is 2.24. The van der Waals surface area contributed by atoms with Gasteiger partial charge in [-0.2, -0.15) is 5.10 Å². The highest BCUT2D eigenvalue weighted by molar-refractivity contribution is 5.92. The molecule has 1 aliphatic rings. The van der Waals surface area contributed by atoms with Gasteiger partial charge in [-0.1, -0.05) is 24.3 Å². The zero-order valence-corrected chi connectivity index (χ0v) is 14.0. The van der Waals surface area contributed by atoms with Crippen LogP contribution in [0.4, 0.5) is 0 Å². The molecular formula is C18H22N4O2. The van der Waals surface area contributed by atoms with Crippen molar-refractivity contribution in [3.63, 3.8) is 0 Å². The fourth-order valence-corrected chi connectivity index (χ4v) is 2.98. The van der Waals surface area contributed by atoms with Crippen molar-refractivity contribution in [2.24, 2.45) is 0 Å². The summed E-state index contributed by atoms with van der Waals surface area (Å²) in [5.74, 6) is -0.281. The molecule has 0 saturated carbocycles. The first-order valence-electron chi connectivity index (χ1n) is 8.11. The molecule has 2 aromatic rings. The number of hydrogen-bond donors (Lipinski definition) is 2. The second-order valence-corrected chi connectivity index (χ2v) is 6.74. The number of carbonyl (C=O) groups excluding carboxylic acids is 1. The van der Waals surface area contributed by atoms with Gasteiger partial charge in [0, 0.05) is 31.2 Å². The summed E-state index contributed by atoms with van der Waals surface area (Å²) >= 11 is 0. The smallest absolute Gasteiger partial charge is 0.271 e. The van der Waals surface area contributed by atoms with Gasteiger partial charge < -0.3 is 5.32 Å². The summed E-state index contributed by atoms with van der Waals surface area (Å²) in [7, 11) is 0. The molecule has 0 aliphatic carbocycles. The van der Waals surface area contributed by atoms with Crippen LogP contribution in [0.15, 0.2) is 41.2 Å². The first kappa shape index (κ1) is 16.4. The number of fused-ring (bicyclic) bond motifs is 1. The number of H-pyrrole nitrogens is 1. The van der Waals surface area contributed by atoms with Crippen molar-refractivity contribution in [3.8, 4) is 0 Å². The Balaban J connectivity index is 1.63. The van der Waals surface area contributed by atoms with E-state index >= 15 is 0 Å². The van der Waals surface area contributed by atoms with E-state index in [9.17, 15) is 9.59 Å². The third kappa shape index (κ3) is 3.54. The van der Waals surface area contributed by atoms with E-state index in [0.717, 1.165) is 19.5 Å². The number of carbonyl (C=O) groups is 1. The normalized spacial score (nSPS) is 14.9. The van der Waals surface area contributed by atoms with Crippen LogP contribution < -0.4 is 10.9 Å². The van der Waals surface area contributed by atoms with Crippen LogP contribution in [0.25, 0.3) is 0 Å². The zero-order chi connectivity index (χ0) is 17.2. The third-order valence-corrected chi connectivity index (χ3v) is 4.58. The summed E-state index contributed by atoms with van der Waals surface area (Å²) in [6.07, 6.45) is 1.02. The summed E-state index contributed by atoms with van der Waals surface area (Å²) < 4.78 is 0. The van der Waals surface area contributed by atoms with E-state index < -0.39 is 0 Å². The molecule has 6 heteroatoms. The van der Waals surface area contributed by atoms with Crippen molar-refractivity contribution < 1.29 is 4.79 Å². The topological polar surface area (TPSA) is 78.1 Å². The number of nitrogens with one attached hydrogen (secondary N) is 2. The van der Waals surface area contributed by atoms with Crippen molar-refractivity contribution in [2.45, 2.75) is 32.4 Å². The second kappa shape index (κ2) is 6.57. The number of aromatic nitrogens is 2. The number of amides is 1. The predicted molar refractivity (Wildman–Crippen MR) is 91.8 cm³/mol. The Hall–Kier alpha value is -2.47. The average Bonchev–Trinajstić information content (AvgIpc) is 2.60. The Morgan fingerprint density at radius 1 is 1.25 bits per heavy atom. The van der Waals surface area contributed by atoms with Crippen LogP contribution in [0.3, 0.4) is 0 Å². The van der Waals surface area contributed by atoms with Gasteiger partial charge in [0.1, 0.15) is 5.69 Å². The lowest BCUT2D eigenvalue weighted by molar-refractivity contribution is 0.0821. The molecule has 0 atom stereocenters. The molecule has 6 nitrogen and oxygen atoms in total. The Bertz CT molecular complexity index is 777. The molecule has 0 spiro atoms. The van der Waals surface area contributed by atoms with E-state index in [2.05, 4.69) is 58.5 Å². The van der Waals surface area contributed by atoms with Gasteiger partial charge in [-0.25, -0.2) is 5.10 Å². The quantitative estimate of drug-likeness (QED) is 0.889. The van der Waals surface area contributed by atoms with Crippen LogP contribution in [0.5, 0.6) is 0 Å². The van der Waals surface area contributed by atoms with Gasteiger partial charge in [0.05, 0.1) is 0 Å². The largest absolute Gasteiger partial charge is 0.349 e. The Morgan fingerprint density at radius 3 is 2.71 bits per heavy atom. The van der Waals surface area contributed by atoms with Gasteiger partial charge in [-0.05, 0) is 37.5 Å². The molecule has 0 fully saturated rings. The predicted octanol–water partition coefficient (Wildman–Crippen LogP) is 1.34. The van der Waals surface area contributed by atoms with Crippen molar-refractivity contribution >= 4 is 5.91 Å². The minimum absolute atomic E-state index is 0.175. The van der Waals surface area contributed by atoms with Gasteiger partial charge >= 0.3 is 0 Å². The zero-order valence-electron chi connectivity index (χ0n) is 14.0. The highest BCUT2D eigenvalue weighted by atomic mass is 16.2. The van der Waals surface area contributed by atoms with Crippen LogP contribution in [0.1, 0.15) is 35.5 Å². The second-order valence-electron chi connectivity index (χ2n) is 6.74. The van der Waals surface area contributed by atoms with Crippen LogP contribution in [0, 0.1) is 0 Å². The van der Waals surface area contributed by atoms with Crippen molar-refractivity contribution in [3.05, 3.63) is 63.6 Å². The van der Waals surface area contributed by atoms with E-state index in [-0.39, 0.29) is 22.7 Å². The molecule has 126 valence electrons. The van der Waals surface area contributed by atoms with Crippen LogP contribution in [0.2, 0.25) is 0 Å². The number of hydrogen-bond acceptors (Lipinski definition) is 4. The van der Waals surface area contributed by atoms with Crippen molar-refractivity contribution in [2.75, 3.05) is 13.1 Å². The maximum Gasteiger partial charge on any atom is 0.271 e. The Kier molecular flexibility index (Phi) is 4.49. The molecule has 1 aliphatic heterocycles. The lowest BCUT2D eigenvalue weighted by Crippen LogP contribution is -2.53. The molecule has 1 amide bonds. The van der Waals surface area contributed by atoms with E-state index in [1.54, 1.807) is 0 Å². The minimum Gasteiger partial charge on any atom is -0.349 e. The van der Waals surface area contributed by atoms with Crippen LogP contribution >= 0.6 is 0 Å². The van der Waals surface area contributed by atoms with Gasteiger partial charge in [0.25, 0.3) is 11.5 Å². The molecule has 0 saturated heterocycles. The fourth-order valence-electron chi connectivity index (χ4n) is 2.98. The molecule has 0 unspecified atom stereocenters. The van der Waals surface area contributed by atoms with Crippen molar-refractivity contribution in [1.29, 1.82) is 0 Å². The average molecular weight is 326 g/mol. The van der Waals surface area contributed by atoms with Crippen LogP contribution in [-0.4, -0.2) is 39.6 Å². The minimum atomic E-state index is -0.320. The maximum atomic E-state index is 12.2. The molecule has 2 heterocycles. The Labute approximate surface area is 140 Å². The summed E-state index contributed by atoms with van der Waals surface area (Å²) in [5, 5.41) is 8.95. The first-order valence-corrected chi connectivity index (χ1v) is 8.11. The van der Waals surface area contributed by atoms with Gasteiger partial charge in [0.2, 0.25) is 0 Å². The van der Waals surface area contributed by atoms with Crippen LogP contribution in [-0.2, 0) is 13.0 Å². The monoisotopic (exact) mass is 326 g/mol. The van der Waals surface area contributed by atoms with E-state index in [4.69, 9.17) is 0 Å². The number of aromatic amines is 1. The molecule has 0 bridgehead atoms. The van der Waals surface area contributed by atoms with Crippen molar-refractivity contribution in [1.82, 2.24) is 20.4 Å². The molecule has 0 radical (unpaired) electrons. The summed E-state index contributed by atoms with van der Waals surface area (Å²) in [5.41, 5.74) is 2.48. The lowest BCUT2D eigenvalue weighted by Gasteiger charge is -2.41. The fraction of sp³-hybridized carbons (Fsp3) is 0.389. The molecule has 2 N–H and O–H groups in total. The van der Waals surface area contributed by atoms with Gasteiger partial charge in [-0.15, -0.1) is 0 Å². The third-order valence-electron chi connectivity index (χ3n) is 4.58. The molecule has 1 aromatic heterocycles. The standard InChI is InChI=1S/C18H22N4O2/c1-18(2,12-19-17(24)15-7-8-16(23)21-20-15)22-10-9-13-5-3-4-6-14(13)11-22/h3-8H,9-12H2,1-2H3,(H,19,24)(H,21,23). The van der Waals surface area contributed by atoms with Gasteiger partial charge in [-0.3, -0.25) is 14.5 Å². The summed E-state index contributed by atoms with van der Waals surface area (Å²) in [6.45, 7) is 6.62. The number of rotatable bonds is 4. The summed E-state index contributed by atoms with van der Waals surface area (Å²) in [6, 6.07) is 11.2. The number of nitrogens with zero attached hydrogens (tertiary/aromatic N) is 2.